The fourth-order valence-electron chi connectivity index (χ4n) is 5.38. The van der Waals surface area contributed by atoms with E-state index in [0.29, 0.717) is 35.9 Å². The zero-order chi connectivity index (χ0) is 22.1. The van der Waals surface area contributed by atoms with Crippen molar-refractivity contribution in [2.45, 2.75) is 70.5 Å². The van der Waals surface area contributed by atoms with E-state index in [9.17, 15) is 4.79 Å². The molecule has 0 unspecified atom stereocenters. The van der Waals surface area contributed by atoms with Crippen LogP contribution in [-0.2, 0) is 24.3 Å². The summed E-state index contributed by atoms with van der Waals surface area (Å²) in [5.41, 5.74) is 4.44. The van der Waals surface area contributed by atoms with Crippen LogP contribution in [0.5, 0.6) is 0 Å². The molecular formula is C26H33ClN4O. The number of amides is 1. The van der Waals surface area contributed by atoms with Crippen LogP contribution >= 0.6 is 11.6 Å². The third-order valence-corrected chi connectivity index (χ3v) is 7.57. The molecule has 170 valence electrons. The summed E-state index contributed by atoms with van der Waals surface area (Å²) in [5, 5.41) is 5.77. The number of hydrogen-bond acceptors (Lipinski definition) is 3. The Bertz CT molecular complexity index is 990. The summed E-state index contributed by atoms with van der Waals surface area (Å²) in [7, 11) is 0. The predicted molar refractivity (Wildman–Crippen MR) is 128 cm³/mol. The van der Waals surface area contributed by atoms with Crippen molar-refractivity contribution in [1.29, 1.82) is 0 Å². The first-order chi connectivity index (χ1) is 15.6. The van der Waals surface area contributed by atoms with Gasteiger partial charge in [-0.1, -0.05) is 42.7 Å². The number of fused-ring (bicyclic) bond motifs is 1. The third kappa shape index (κ3) is 4.51. The van der Waals surface area contributed by atoms with Crippen LogP contribution in [0.15, 0.2) is 36.9 Å². The second kappa shape index (κ2) is 9.40. The number of carbonyl (C=O) groups excluding carboxylic acids is 1. The van der Waals surface area contributed by atoms with Gasteiger partial charge in [-0.3, -0.25) is 9.69 Å². The van der Waals surface area contributed by atoms with Crippen molar-refractivity contribution in [1.82, 2.24) is 19.6 Å². The molecule has 32 heavy (non-hydrogen) atoms. The number of benzene rings is 1. The van der Waals surface area contributed by atoms with Crippen molar-refractivity contribution in [2.24, 2.45) is 5.92 Å². The van der Waals surface area contributed by atoms with Gasteiger partial charge >= 0.3 is 0 Å². The largest absolute Gasteiger partial charge is 0.334 e. The van der Waals surface area contributed by atoms with Gasteiger partial charge in [-0.05, 0) is 43.7 Å². The minimum atomic E-state index is 0.319. The van der Waals surface area contributed by atoms with Crippen LogP contribution in [0.3, 0.4) is 0 Å². The van der Waals surface area contributed by atoms with E-state index in [1.54, 1.807) is 0 Å². The van der Waals surface area contributed by atoms with E-state index in [1.165, 1.54) is 36.9 Å². The van der Waals surface area contributed by atoms with Gasteiger partial charge in [-0.25, -0.2) is 4.68 Å². The molecule has 0 spiro atoms. The monoisotopic (exact) mass is 452 g/mol. The number of rotatable bonds is 8. The Hall–Kier alpha value is -2.11. The van der Waals surface area contributed by atoms with Gasteiger partial charge in [0.25, 0.3) is 0 Å². The van der Waals surface area contributed by atoms with Gasteiger partial charge in [0.2, 0.25) is 5.91 Å². The fourth-order valence-corrected chi connectivity index (χ4v) is 5.59. The van der Waals surface area contributed by atoms with Crippen molar-refractivity contribution < 1.29 is 4.79 Å². The molecule has 0 bridgehead atoms. The molecule has 0 radical (unpaired) electrons. The molecule has 1 aromatic carbocycles. The summed E-state index contributed by atoms with van der Waals surface area (Å²) < 4.78 is 2.03. The van der Waals surface area contributed by atoms with Crippen LogP contribution in [0, 0.1) is 5.92 Å². The second-order valence-electron chi connectivity index (χ2n) is 9.62. The summed E-state index contributed by atoms with van der Waals surface area (Å²) in [5.74, 6) is 0.889. The van der Waals surface area contributed by atoms with E-state index < -0.39 is 0 Å². The minimum Gasteiger partial charge on any atom is -0.334 e. The Morgan fingerprint density at radius 1 is 1.22 bits per heavy atom. The highest BCUT2D eigenvalue weighted by atomic mass is 35.5. The van der Waals surface area contributed by atoms with Gasteiger partial charge < -0.3 is 4.90 Å². The molecule has 5 nitrogen and oxygen atoms in total. The summed E-state index contributed by atoms with van der Waals surface area (Å²) in [6.45, 7) is 7.21. The van der Waals surface area contributed by atoms with Crippen LogP contribution in [0.25, 0.3) is 5.69 Å². The van der Waals surface area contributed by atoms with Gasteiger partial charge in [0.05, 0.1) is 28.6 Å². The highest BCUT2D eigenvalue weighted by molar-refractivity contribution is 6.32. The molecule has 6 heteroatoms. The molecule has 2 saturated carbocycles. The fraction of sp³-hybridized carbons (Fsp3) is 0.538. The molecule has 0 atom stereocenters. The molecule has 2 aromatic rings. The Balaban J connectivity index is 1.46. The highest BCUT2D eigenvalue weighted by Crippen LogP contribution is 2.35. The molecule has 1 aromatic heterocycles. The zero-order valence-corrected chi connectivity index (χ0v) is 19.6. The van der Waals surface area contributed by atoms with Crippen LogP contribution in [0.4, 0.5) is 0 Å². The molecule has 1 amide bonds. The number of halogens is 1. The first kappa shape index (κ1) is 21.7. The van der Waals surface area contributed by atoms with Gasteiger partial charge in [-0.2, -0.15) is 5.10 Å². The molecule has 0 N–H and O–H groups in total. The number of nitrogens with zero attached hydrogens (tertiary/aromatic N) is 4. The number of hydrogen-bond donors (Lipinski definition) is 0. The predicted octanol–water partition coefficient (Wildman–Crippen LogP) is 5.14. The highest BCUT2D eigenvalue weighted by Gasteiger charge is 2.36. The van der Waals surface area contributed by atoms with Gasteiger partial charge in [0.15, 0.2) is 0 Å². The lowest BCUT2D eigenvalue weighted by molar-refractivity contribution is -0.133. The van der Waals surface area contributed by atoms with E-state index in [1.807, 2.05) is 35.0 Å². The Labute approximate surface area is 196 Å². The summed E-state index contributed by atoms with van der Waals surface area (Å²) in [6.07, 6.45) is 10.8. The normalized spacial score (nSPS) is 19.2. The van der Waals surface area contributed by atoms with Gasteiger partial charge in [0.1, 0.15) is 0 Å². The molecule has 0 saturated heterocycles. The van der Waals surface area contributed by atoms with Crippen molar-refractivity contribution in [3.63, 3.8) is 0 Å². The van der Waals surface area contributed by atoms with E-state index in [0.717, 1.165) is 50.3 Å². The second-order valence-corrected chi connectivity index (χ2v) is 10.0. The summed E-state index contributed by atoms with van der Waals surface area (Å²) in [6, 6.07) is 8.28. The summed E-state index contributed by atoms with van der Waals surface area (Å²) in [4.78, 5) is 17.8. The van der Waals surface area contributed by atoms with Crippen molar-refractivity contribution >= 4 is 17.5 Å². The molecular weight excluding hydrogens is 420 g/mol. The molecule has 2 aliphatic carbocycles. The first-order valence-corrected chi connectivity index (χ1v) is 12.5. The molecule has 2 heterocycles. The third-order valence-electron chi connectivity index (χ3n) is 7.25. The SMILES string of the molecule is C=CCN1CCc2c(c(CN(C(=O)CC3CCCC3)C3CC3)nn2-c2ccccc2Cl)C1. The van der Waals surface area contributed by atoms with Crippen molar-refractivity contribution in [3.05, 3.63) is 58.9 Å². The molecule has 2 fully saturated rings. The van der Waals surface area contributed by atoms with Crippen LogP contribution in [-0.4, -0.2) is 44.6 Å². The number of aromatic nitrogens is 2. The van der Waals surface area contributed by atoms with Crippen molar-refractivity contribution in [3.8, 4) is 5.69 Å². The van der Waals surface area contributed by atoms with Gasteiger partial charge in [-0.15, -0.1) is 6.58 Å². The molecule has 5 rings (SSSR count). The Morgan fingerprint density at radius 3 is 2.72 bits per heavy atom. The lowest BCUT2D eigenvalue weighted by atomic mass is 10.0. The van der Waals surface area contributed by atoms with Crippen LogP contribution in [0.1, 0.15) is 61.9 Å². The maximum atomic E-state index is 13.3. The average molecular weight is 453 g/mol. The number of para-hydroxylation sites is 1. The van der Waals surface area contributed by atoms with E-state index in [2.05, 4.69) is 16.4 Å². The first-order valence-electron chi connectivity index (χ1n) is 12.1. The maximum Gasteiger partial charge on any atom is 0.223 e. The molecule has 1 aliphatic heterocycles. The van der Waals surface area contributed by atoms with Gasteiger partial charge in [0, 0.05) is 44.1 Å². The molecule has 3 aliphatic rings. The number of carbonyl (C=O) groups is 1. The average Bonchev–Trinajstić information content (AvgIpc) is 3.39. The maximum absolute atomic E-state index is 13.3. The standard InChI is InChI=1S/C26H33ClN4O/c1-2-14-29-15-13-24-21(17-29)23(28-31(24)25-10-6-5-9-22(25)27)18-30(20-11-12-20)26(32)16-19-7-3-4-8-19/h2,5-6,9-10,19-20H,1,3-4,7-8,11-18H2. The van der Waals surface area contributed by atoms with Crippen molar-refractivity contribution in [2.75, 3.05) is 13.1 Å². The van der Waals surface area contributed by atoms with E-state index >= 15 is 0 Å². The van der Waals surface area contributed by atoms with E-state index in [-0.39, 0.29) is 0 Å². The zero-order valence-electron chi connectivity index (χ0n) is 18.8. The minimum absolute atomic E-state index is 0.319. The van der Waals surface area contributed by atoms with Crippen LogP contribution in [0.2, 0.25) is 5.02 Å². The van der Waals surface area contributed by atoms with E-state index in [4.69, 9.17) is 16.7 Å². The Morgan fingerprint density at radius 2 is 2.00 bits per heavy atom. The lowest BCUT2D eigenvalue weighted by Gasteiger charge is -2.28. The van der Waals surface area contributed by atoms with Crippen LogP contribution < -0.4 is 0 Å². The lowest BCUT2D eigenvalue weighted by Crippen LogP contribution is -2.35. The topological polar surface area (TPSA) is 41.4 Å². The quantitative estimate of drug-likeness (QED) is 0.520. The Kier molecular flexibility index (Phi) is 6.38. The summed E-state index contributed by atoms with van der Waals surface area (Å²) >= 11 is 6.55. The smallest absolute Gasteiger partial charge is 0.223 e.